The van der Waals surface area contributed by atoms with E-state index in [-0.39, 0.29) is 0 Å². The van der Waals surface area contributed by atoms with E-state index < -0.39 is 18.0 Å². The van der Waals surface area contributed by atoms with Gasteiger partial charge in [0.05, 0.1) is 0 Å². The first kappa shape index (κ1) is 14.0. The minimum absolute atomic E-state index is 0.343. The molecule has 0 saturated heterocycles. The van der Waals surface area contributed by atoms with Crippen LogP contribution in [-0.2, 0) is 4.79 Å². The van der Waals surface area contributed by atoms with Crippen LogP contribution >= 0.6 is 0 Å². The van der Waals surface area contributed by atoms with Gasteiger partial charge in [0.1, 0.15) is 6.04 Å². The number of rotatable bonds is 4. The summed E-state index contributed by atoms with van der Waals surface area (Å²) in [4.78, 5) is 22.5. The molecule has 0 fully saturated rings. The lowest BCUT2D eigenvalue weighted by molar-refractivity contribution is -0.139. The number of amides is 2. The van der Waals surface area contributed by atoms with Crippen LogP contribution in [0.3, 0.4) is 0 Å². The Morgan fingerprint density at radius 2 is 2.00 bits per heavy atom. The van der Waals surface area contributed by atoms with Gasteiger partial charge in [0.2, 0.25) is 0 Å². The number of aryl methyl sites for hydroxylation is 1. The van der Waals surface area contributed by atoms with E-state index in [0.29, 0.717) is 12.1 Å². The monoisotopic (exact) mass is 250 g/mol. The van der Waals surface area contributed by atoms with Crippen LogP contribution in [0.4, 0.5) is 10.5 Å². The Balaban J connectivity index is 2.70. The molecule has 1 aromatic carbocycles. The Morgan fingerprint density at radius 3 is 2.56 bits per heavy atom. The average molecular weight is 250 g/mol. The molecule has 1 atom stereocenters. The van der Waals surface area contributed by atoms with Crippen molar-refractivity contribution in [3.63, 3.8) is 0 Å². The van der Waals surface area contributed by atoms with Gasteiger partial charge < -0.3 is 15.7 Å². The van der Waals surface area contributed by atoms with Crippen LogP contribution in [0, 0.1) is 13.8 Å². The van der Waals surface area contributed by atoms with Crippen LogP contribution in [0.5, 0.6) is 0 Å². The van der Waals surface area contributed by atoms with Crippen LogP contribution in [0.15, 0.2) is 18.2 Å². The van der Waals surface area contributed by atoms with Crippen LogP contribution in [0.1, 0.15) is 24.5 Å². The molecule has 1 rings (SSSR count). The van der Waals surface area contributed by atoms with Gasteiger partial charge in [-0.3, -0.25) is 0 Å². The fourth-order valence-corrected chi connectivity index (χ4v) is 1.54. The van der Waals surface area contributed by atoms with Crippen molar-refractivity contribution in [1.82, 2.24) is 5.32 Å². The van der Waals surface area contributed by atoms with E-state index in [1.807, 2.05) is 26.0 Å². The highest BCUT2D eigenvalue weighted by molar-refractivity contribution is 5.92. The highest BCUT2D eigenvalue weighted by Crippen LogP contribution is 2.17. The Morgan fingerprint density at radius 1 is 1.33 bits per heavy atom. The van der Waals surface area contributed by atoms with E-state index in [4.69, 9.17) is 5.11 Å². The first-order valence-electron chi connectivity index (χ1n) is 5.82. The second-order valence-electron chi connectivity index (χ2n) is 4.15. The molecule has 0 spiro atoms. The van der Waals surface area contributed by atoms with Gasteiger partial charge in [-0.2, -0.15) is 0 Å². The zero-order valence-corrected chi connectivity index (χ0v) is 10.8. The molecule has 2 amide bonds. The number of carboxylic acids is 1. The third-order valence-electron chi connectivity index (χ3n) is 2.86. The van der Waals surface area contributed by atoms with Crippen molar-refractivity contribution in [2.45, 2.75) is 33.2 Å². The number of anilines is 1. The van der Waals surface area contributed by atoms with Gasteiger partial charge >= 0.3 is 12.0 Å². The fourth-order valence-electron chi connectivity index (χ4n) is 1.54. The van der Waals surface area contributed by atoms with Gasteiger partial charge in [-0.1, -0.05) is 19.1 Å². The number of aliphatic carboxylic acids is 1. The van der Waals surface area contributed by atoms with E-state index >= 15 is 0 Å². The Labute approximate surface area is 106 Å². The molecule has 3 N–H and O–H groups in total. The summed E-state index contributed by atoms with van der Waals surface area (Å²) < 4.78 is 0. The van der Waals surface area contributed by atoms with Crippen LogP contribution in [-0.4, -0.2) is 23.1 Å². The number of carbonyl (C=O) groups excluding carboxylic acids is 1. The lowest BCUT2D eigenvalue weighted by atomic mass is 10.1. The fraction of sp³-hybridized carbons (Fsp3) is 0.385. The molecule has 1 unspecified atom stereocenters. The largest absolute Gasteiger partial charge is 0.480 e. The predicted molar refractivity (Wildman–Crippen MR) is 69.8 cm³/mol. The highest BCUT2D eigenvalue weighted by Gasteiger charge is 2.17. The van der Waals surface area contributed by atoms with Gasteiger partial charge in [0.25, 0.3) is 0 Å². The van der Waals surface area contributed by atoms with Gasteiger partial charge in [0, 0.05) is 5.69 Å². The Bertz CT molecular complexity index is 458. The number of carbonyl (C=O) groups is 2. The molecule has 0 bridgehead atoms. The minimum Gasteiger partial charge on any atom is -0.480 e. The average Bonchev–Trinajstić information content (AvgIpc) is 2.31. The number of hydrogen-bond donors (Lipinski definition) is 3. The van der Waals surface area contributed by atoms with E-state index in [1.165, 1.54) is 0 Å². The number of hydrogen-bond acceptors (Lipinski definition) is 2. The van der Waals surface area contributed by atoms with Crippen LogP contribution < -0.4 is 10.6 Å². The standard InChI is InChI=1S/C13H18N2O3/c1-4-10(12(16)17)14-13(18)15-11-7-5-6-8(2)9(11)3/h5-7,10H,4H2,1-3H3,(H,16,17)(H2,14,15,18). The molecule has 0 aliphatic carbocycles. The Kier molecular flexibility index (Phi) is 4.71. The highest BCUT2D eigenvalue weighted by atomic mass is 16.4. The first-order chi connectivity index (χ1) is 8.45. The van der Waals surface area contributed by atoms with Crippen molar-refractivity contribution < 1.29 is 14.7 Å². The normalized spacial score (nSPS) is 11.7. The third kappa shape index (κ3) is 3.48. The summed E-state index contributed by atoms with van der Waals surface area (Å²) in [6.07, 6.45) is 0.343. The summed E-state index contributed by atoms with van der Waals surface area (Å²) in [7, 11) is 0. The van der Waals surface area contributed by atoms with Crippen molar-refractivity contribution in [2.24, 2.45) is 0 Å². The number of carboxylic acid groups (broad SMARTS) is 1. The van der Waals surface area contributed by atoms with Crippen molar-refractivity contribution >= 4 is 17.7 Å². The van der Waals surface area contributed by atoms with E-state index in [9.17, 15) is 9.59 Å². The summed E-state index contributed by atoms with van der Waals surface area (Å²) in [6, 6.07) is 4.20. The summed E-state index contributed by atoms with van der Waals surface area (Å²) in [6.45, 7) is 5.56. The quantitative estimate of drug-likeness (QED) is 0.767. The second kappa shape index (κ2) is 6.05. The molecule has 5 nitrogen and oxygen atoms in total. The third-order valence-corrected chi connectivity index (χ3v) is 2.86. The van der Waals surface area contributed by atoms with Gasteiger partial charge in [-0.15, -0.1) is 0 Å². The maximum atomic E-state index is 11.7. The summed E-state index contributed by atoms with van der Waals surface area (Å²) >= 11 is 0. The van der Waals surface area contributed by atoms with Crippen molar-refractivity contribution in [2.75, 3.05) is 5.32 Å². The SMILES string of the molecule is CCC(NC(=O)Nc1cccc(C)c1C)C(=O)O. The lowest BCUT2D eigenvalue weighted by Gasteiger charge is -2.15. The van der Waals surface area contributed by atoms with Gasteiger partial charge in [-0.25, -0.2) is 9.59 Å². The number of benzene rings is 1. The molecule has 98 valence electrons. The zero-order valence-electron chi connectivity index (χ0n) is 10.8. The molecule has 5 heteroatoms. The zero-order chi connectivity index (χ0) is 13.7. The van der Waals surface area contributed by atoms with Crippen molar-refractivity contribution in [3.8, 4) is 0 Å². The maximum absolute atomic E-state index is 11.7. The van der Waals surface area contributed by atoms with Gasteiger partial charge in [-0.05, 0) is 37.5 Å². The number of urea groups is 1. The smallest absolute Gasteiger partial charge is 0.326 e. The van der Waals surface area contributed by atoms with E-state index in [0.717, 1.165) is 11.1 Å². The topological polar surface area (TPSA) is 78.4 Å². The molecule has 0 radical (unpaired) electrons. The molecular weight excluding hydrogens is 232 g/mol. The summed E-state index contributed by atoms with van der Waals surface area (Å²) in [5.74, 6) is -1.03. The summed E-state index contributed by atoms with van der Waals surface area (Å²) in [5.41, 5.74) is 2.72. The molecule has 0 saturated carbocycles. The maximum Gasteiger partial charge on any atom is 0.326 e. The van der Waals surface area contributed by atoms with Crippen molar-refractivity contribution in [3.05, 3.63) is 29.3 Å². The molecule has 0 aromatic heterocycles. The van der Waals surface area contributed by atoms with Gasteiger partial charge in [0.15, 0.2) is 0 Å². The lowest BCUT2D eigenvalue weighted by Crippen LogP contribution is -2.42. The van der Waals surface area contributed by atoms with E-state index in [1.54, 1.807) is 13.0 Å². The molecular formula is C13H18N2O3. The molecule has 18 heavy (non-hydrogen) atoms. The second-order valence-corrected chi connectivity index (χ2v) is 4.15. The summed E-state index contributed by atoms with van der Waals surface area (Å²) in [5, 5.41) is 13.9. The first-order valence-corrected chi connectivity index (χ1v) is 5.82. The van der Waals surface area contributed by atoms with Crippen LogP contribution in [0.25, 0.3) is 0 Å². The minimum atomic E-state index is -1.03. The van der Waals surface area contributed by atoms with E-state index in [2.05, 4.69) is 10.6 Å². The predicted octanol–water partition coefficient (Wildman–Crippen LogP) is 2.29. The number of nitrogens with one attached hydrogen (secondary N) is 2. The molecule has 0 heterocycles. The van der Waals surface area contributed by atoms with Crippen LogP contribution in [0.2, 0.25) is 0 Å². The molecule has 1 aromatic rings. The Hall–Kier alpha value is -2.04. The molecule has 0 aliphatic rings. The van der Waals surface area contributed by atoms with Crippen molar-refractivity contribution in [1.29, 1.82) is 0 Å². The molecule has 0 aliphatic heterocycles.